The summed E-state index contributed by atoms with van der Waals surface area (Å²) in [5.74, 6) is 2.59. The van der Waals surface area contributed by atoms with Crippen LogP contribution < -0.4 is 18.9 Å². The smallest absolute Gasteiger partial charge is 0.203 e. The minimum atomic E-state index is -0.404. The second-order valence-electron chi connectivity index (χ2n) is 4.58. The first-order valence-corrected chi connectivity index (χ1v) is 6.30. The monoisotopic (exact) mass is 268 g/mol. The van der Waals surface area contributed by atoms with E-state index in [4.69, 9.17) is 18.9 Å². The van der Waals surface area contributed by atoms with Crippen LogP contribution in [0.2, 0.25) is 0 Å². The summed E-state index contributed by atoms with van der Waals surface area (Å²) >= 11 is 0. The van der Waals surface area contributed by atoms with Crippen LogP contribution in [0.25, 0.3) is 0 Å². The summed E-state index contributed by atoms with van der Waals surface area (Å²) in [6.45, 7) is 0.281. The molecule has 19 heavy (non-hydrogen) atoms. The van der Waals surface area contributed by atoms with E-state index in [1.54, 1.807) is 33.5 Å². The molecule has 0 heterocycles. The average Bonchev–Trinajstić information content (AvgIpc) is 3.27. The zero-order chi connectivity index (χ0) is 13.8. The molecule has 1 aliphatic rings. The quantitative estimate of drug-likeness (QED) is 0.818. The first kappa shape index (κ1) is 13.8. The maximum Gasteiger partial charge on any atom is 0.203 e. The Morgan fingerprint density at radius 1 is 1.11 bits per heavy atom. The fourth-order valence-electron chi connectivity index (χ4n) is 1.94. The third-order valence-electron chi connectivity index (χ3n) is 3.23. The number of benzene rings is 1. The standard InChI is InChI=1S/C14H20O5/c1-16-12-6-10(7-13(17-2)14(12)18-3)19-8-11(15)9-4-5-9/h6-7,9,11,15H,4-5,8H2,1-3H3. The zero-order valence-corrected chi connectivity index (χ0v) is 11.5. The molecule has 0 radical (unpaired) electrons. The Morgan fingerprint density at radius 2 is 1.68 bits per heavy atom. The van der Waals surface area contributed by atoms with Crippen molar-refractivity contribution >= 4 is 0 Å². The summed E-state index contributed by atoms with van der Waals surface area (Å²) in [6, 6.07) is 3.45. The molecular weight excluding hydrogens is 248 g/mol. The molecule has 0 saturated heterocycles. The van der Waals surface area contributed by atoms with E-state index in [-0.39, 0.29) is 6.61 Å². The van der Waals surface area contributed by atoms with Gasteiger partial charge in [0, 0.05) is 12.1 Å². The highest BCUT2D eigenvalue weighted by Crippen LogP contribution is 2.41. The molecule has 1 aromatic rings. The van der Waals surface area contributed by atoms with Crippen molar-refractivity contribution in [1.29, 1.82) is 0 Å². The highest BCUT2D eigenvalue weighted by molar-refractivity contribution is 5.55. The highest BCUT2D eigenvalue weighted by Gasteiger charge is 2.30. The largest absolute Gasteiger partial charge is 0.493 e. The normalized spacial score (nSPS) is 15.8. The van der Waals surface area contributed by atoms with E-state index in [1.165, 1.54) is 0 Å². The van der Waals surface area contributed by atoms with E-state index in [2.05, 4.69) is 0 Å². The fourth-order valence-corrected chi connectivity index (χ4v) is 1.94. The maximum atomic E-state index is 9.79. The summed E-state index contributed by atoms with van der Waals surface area (Å²) in [6.07, 6.45) is 1.76. The SMILES string of the molecule is COc1cc(OCC(O)C2CC2)cc(OC)c1OC. The van der Waals surface area contributed by atoms with Gasteiger partial charge in [-0.05, 0) is 18.8 Å². The Morgan fingerprint density at radius 3 is 2.11 bits per heavy atom. The van der Waals surface area contributed by atoms with Crippen molar-refractivity contribution in [2.75, 3.05) is 27.9 Å². The molecule has 0 amide bonds. The first-order chi connectivity index (χ1) is 9.19. The van der Waals surface area contributed by atoms with Crippen LogP contribution in [0.15, 0.2) is 12.1 Å². The first-order valence-electron chi connectivity index (χ1n) is 6.30. The molecule has 0 aromatic heterocycles. The minimum Gasteiger partial charge on any atom is -0.493 e. The number of hydrogen-bond acceptors (Lipinski definition) is 5. The molecule has 1 N–H and O–H groups in total. The second-order valence-corrected chi connectivity index (χ2v) is 4.58. The molecule has 1 saturated carbocycles. The van der Waals surface area contributed by atoms with Crippen molar-refractivity contribution in [3.63, 3.8) is 0 Å². The van der Waals surface area contributed by atoms with Crippen LogP contribution >= 0.6 is 0 Å². The van der Waals surface area contributed by atoms with E-state index >= 15 is 0 Å². The second kappa shape index (κ2) is 6.02. The van der Waals surface area contributed by atoms with Crippen molar-refractivity contribution < 1.29 is 24.1 Å². The molecule has 5 heteroatoms. The fraction of sp³-hybridized carbons (Fsp3) is 0.571. The van der Waals surface area contributed by atoms with Crippen molar-refractivity contribution in [3.05, 3.63) is 12.1 Å². The number of rotatable bonds is 7. The van der Waals surface area contributed by atoms with E-state index in [0.717, 1.165) is 12.8 Å². The van der Waals surface area contributed by atoms with Gasteiger partial charge in [-0.3, -0.25) is 0 Å². The summed E-state index contributed by atoms with van der Waals surface area (Å²) in [5.41, 5.74) is 0. The van der Waals surface area contributed by atoms with Gasteiger partial charge >= 0.3 is 0 Å². The van der Waals surface area contributed by atoms with E-state index < -0.39 is 6.10 Å². The molecule has 0 spiro atoms. The average molecular weight is 268 g/mol. The molecule has 1 fully saturated rings. The van der Waals surface area contributed by atoms with E-state index in [0.29, 0.717) is 28.9 Å². The topological polar surface area (TPSA) is 57.2 Å². The van der Waals surface area contributed by atoms with Crippen LogP contribution in [0, 0.1) is 5.92 Å². The molecule has 1 aromatic carbocycles. The summed E-state index contributed by atoms with van der Waals surface area (Å²) in [4.78, 5) is 0. The number of ether oxygens (including phenoxy) is 4. The number of aliphatic hydroxyl groups is 1. The van der Waals surface area contributed by atoms with Crippen LogP contribution in [-0.4, -0.2) is 39.1 Å². The molecular formula is C14H20O5. The maximum absolute atomic E-state index is 9.79. The van der Waals surface area contributed by atoms with Crippen molar-refractivity contribution in [1.82, 2.24) is 0 Å². The molecule has 0 aliphatic heterocycles. The molecule has 2 rings (SSSR count). The molecule has 1 aliphatic carbocycles. The van der Waals surface area contributed by atoms with Crippen LogP contribution in [-0.2, 0) is 0 Å². The summed E-state index contributed by atoms with van der Waals surface area (Å²) in [7, 11) is 4.66. The Hall–Kier alpha value is -1.62. The number of hydrogen-bond donors (Lipinski definition) is 1. The van der Waals surface area contributed by atoms with Gasteiger partial charge in [-0.15, -0.1) is 0 Å². The molecule has 0 bridgehead atoms. The van der Waals surface area contributed by atoms with Gasteiger partial charge in [-0.2, -0.15) is 0 Å². The Bertz CT molecular complexity index is 403. The van der Waals surface area contributed by atoms with E-state index in [1.807, 2.05) is 0 Å². The zero-order valence-electron chi connectivity index (χ0n) is 11.5. The lowest BCUT2D eigenvalue weighted by atomic mass is 10.2. The molecule has 1 atom stereocenters. The van der Waals surface area contributed by atoms with E-state index in [9.17, 15) is 5.11 Å². The molecule has 106 valence electrons. The predicted octanol–water partition coefficient (Wildman–Crippen LogP) is 1.86. The summed E-state index contributed by atoms with van der Waals surface area (Å²) in [5, 5.41) is 9.79. The highest BCUT2D eigenvalue weighted by atomic mass is 16.5. The Kier molecular flexibility index (Phi) is 4.37. The minimum absolute atomic E-state index is 0.281. The van der Waals surface area contributed by atoms with Gasteiger partial charge in [0.15, 0.2) is 11.5 Å². The Balaban J connectivity index is 2.11. The Labute approximate surface area is 113 Å². The van der Waals surface area contributed by atoms with Gasteiger partial charge in [0.25, 0.3) is 0 Å². The van der Waals surface area contributed by atoms with Gasteiger partial charge in [-0.25, -0.2) is 0 Å². The van der Waals surface area contributed by atoms with Crippen molar-refractivity contribution in [2.45, 2.75) is 18.9 Å². The van der Waals surface area contributed by atoms with Gasteiger partial charge in [0.2, 0.25) is 5.75 Å². The van der Waals surface area contributed by atoms with Gasteiger partial charge in [0.1, 0.15) is 12.4 Å². The lowest BCUT2D eigenvalue weighted by Crippen LogP contribution is -2.19. The predicted molar refractivity (Wildman–Crippen MR) is 70.3 cm³/mol. The third-order valence-corrected chi connectivity index (χ3v) is 3.23. The van der Waals surface area contributed by atoms with Crippen LogP contribution in [0.5, 0.6) is 23.0 Å². The van der Waals surface area contributed by atoms with Crippen LogP contribution in [0.3, 0.4) is 0 Å². The van der Waals surface area contributed by atoms with Crippen molar-refractivity contribution in [2.24, 2.45) is 5.92 Å². The van der Waals surface area contributed by atoms with Gasteiger partial charge in [-0.1, -0.05) is 0 Å². The summed E-state index contributed by atoms with van der Waals surface area (Å²) < 4.78 is 21.3. The van der Waals surface area contributed by atoms with Crippen molar-refractivity contribution in [3.8, 4) is 23.0 Å². The van der Waals surface area contributed by atoms with Gasteiger partial charge in [0.05, 0.1) is 27.4 Å². The lowest BCUT2D eigenvalue weighted by Gasteiger charge is -2.16. The number of methoxy groups -OCH3 is 3. The van der Waals surface area contributed by atoms with Crippen LogP contribution in [0.1, 0.15) is 12.8 Å². The van der Waals surface area contributed by atoms with Gasteiger partial charge < -0.3 is 24.1 Å². The van der Waals surface area contributed by atoms with Crippen LogP contribution in [0.4, 0.5) is 0 Å². The third kappa shape index (κ3) is 3.23. The molecule has 1 unspecified atom stereocenters. The lowest BCUT2D eigenvalue weighted by molar-refractivity contribution is 0.0891. The molecule has 5 nitrogen and oxygen atoms in total. The number of aliphatic hydroxyl groups excluding tert-OH is 1.